The Kier molecular flexibility index (Phi) is 6.00. The Hall–Kier alpha value is -5.71. The fourth-order valence-electron chi connectivity index (χ4n) is 6.33. The second kappa shape index (κ2) is 10.5. The van der Waals surface area contributed by atoms with E-state index in [1.165, 1.54) is 30.9 Å². The van der Waals surface area contributed by atoms with Gasteiger partial charge in [-0.05, 0) is 24.3 Å². The molecule has 9 rings (SSSR count). The Bertz CT molecular complexity index is 2480. The van der Waals surface area contributed by atoms with E-state index in [1.54, 1.807) is 0 Å². The van der Waals surface area contributed by atoms with Gasteiger partial charge in [0.25, 0.3) is 0 Å². The first kappa shape index (κ1) is 25.8. The third-order valence-corrected chi connectivity index (χ3v) is 9.67. The Labute approximate surface area is 264 Å². The van der Waals surface area contributed by atoms with Crippen LogP contribution in [0.2, 0.25) is 0 Å². The van der Waals surface area contributed by atoms with Crippen molar-refractivity contribution < 1.29 is 0 Å². The Morgan fingerprint density at radius 1 is 0.400 bits per heavy atom. The molecule has 0 bridgehead atoms. The monoisotopic (exact) mass is 591 g/mol. The van der Waals surface area contributed by atoms with E-state index in [2.05, 4.69) is 115 Å². The summed E-state index contributed by atoms with van der Waals surface area (Å²) in [6, 6.07) is 52.9. The van der Waals surface area contributed by atoms with Crippen LogP contribution in [0, 0.1) is 0 Å². The maximum absolute atomic E-state index is 5.27. The second-order valence-electron chi connectivity index (χ2n) is 11.2. The number of nitrogens with zero attached hydrogens (tertiary/aromatic N) is 3. The topological polar surface area (TPSA) is 38.7 Å². The number of para-hydroxylation sites is 1. The van der Waals surface area contributed by atoms with Crippen molar-refractivity contribution in [3.63, 3.8) is 0 Å². The van der Waals surface area contributed by atoms with E-state index in [4.69, 9.17) is 15.0 Å². The standard InChI is InChI=1S/C41H25N3S/c1-3-12-26(13-4-1)35-25-36(44-41(43-35)27-14-5-2-6-15-27)28-16-11-17-29(24-28)39-33-23-22-31-30-18-8-10-21-37(30)45-40(31)38(33)32-19-7-9-20-34(32)42-39/h1-25H. The van der Waals surface area contributed by atoms with Gasteiger partial charge < -0.3 is 0 Å². The summed E-state index contributed by atoms with van der Waals surface area (Å²) in [5.41, 5.74) is 7.87. The predicted molar refractivity (Wildman–Crippen MR) is 189 cm³/mol. The summed E-state index contributed by atoms with van der Waals surface area (Å²) < 4.78 is 2.61. The number of hydrogen-bond donors (Lipinski definition) is 0. The highest BCUT2D eigenvalue weighted by atomic mass is 32.1. The van der Waals surface area contributed by atoms with Gasteiger partial charge in [-0.25, -0.2) is 15.0 Å². The van der Waals surface area contributed by atoms with Crippen LogP contribution >= 0.6 is 11.3 Å². The van der Waals surface area contributed by atoms with Gasteiger partial charge in [0.2, 0.25) is 0 Å². The Balaban J connectivity index is 1.27. The number of hydrogen-bond acceptors (Lipinski definition) is 4. The Morgan fingerprint density at radius 2 is 1.02 bits per heavy atom. The van der Waals surface area contributed by atoms with Crippen LogP contribution in [0.25, 0.3) is 87.0 Å². The zero-order chi connectivity index (χ0) is 29.7. The van der Waals surface area contributed by atoms with Gasteiger partial charge in [-0.1, -0.05) is 127 Å². The van der Waals surface area contributed by atoms with Gasteiger partial charge in [0.15, 0.2) is 5.82 Å². The molecule has 45 heavy (non-hydrogen) atoms. The second-order valence-corrected chi connectivity index (χ2v) is 12.3. The summed E-state index contributed by atoms with van der Waals surface area (Å²) >= 11 is 1.86. The molecule has 4 heteroatoms. The van der Waals surface area contributed by atoms with Gasteiger partial charge in [-0.15, -0.1) is 11.3 Å². The van der Waals surface area contributed by atoms with E-state index < -0.39 is 0 Å². The van der Waals surface area contributed by atoms with Crippen molar-refractivity contribution in [1.82, 2.24) is 15.0 Å². The van der Waals surface area contributed by atoms with Crippen LogP contribution in [-0.4, -0.2) is 15.0 Å². The van der Waals surface area contributed by atoms with Crippen molar-refractivity contribution in [2.24, 2.45) is 0 Å². The first-order valence-corrected chi connectivity index (χ1v) is 15.9. The summed E-state index contributed by atoms with van der Waals surface area (Å²) in [5.74, 6) is 0.707. The quantitative estimate of drug-likeness (QED) is 0.191. The third-order valence-electron chi connectivity index (χ3n) is 8.47. The van der Waals surface area contributed by atoms with E-state index in [9.17, 15) is 0 Å². The molecule has 3 heterocycles. The summed E-state index contributed by atoms with van der Waals surface area (Å²) in [7, 11) is 0. The highest BCUT2D eigenvalue weighted by Crippen LogP contribution is 2.43. The number of benzene rings is 6. The zero-order valence-corrected chi connectivity index (χ0v) is 25.0. The molecule has 0 aliphatic carbocycles. The van der Waals surface area contributed by atoms with Crippen LogP contribution in [0.4, 0.5) is 0 Å². The van der Waals surface area contributed by atoms with Gasteiger partial charge in [-0.3, -0.25) is 0 Å². The molecule has 0 unspecified atom stereocenters. The molecule has 0 amide bonds. The molecule has 0 spiro atoms. The van der Waals surface area contributed by atoms with E-state index in [-0.39, 0.29) is 0 Å². The normalized spacial score (nSPS) is 11.6. The Morgan fingerprint density at radius 3 is 1.84 bits per heavy atom. The molecule has 3 nitrogen and oxygen atoms in total. The first-order chi connectivity index (χ1) is 22.3. The summed E-state index contributed by atoms with van der Waals surface area (Å²) in [5, 5.41) is 6.19. The lowest BCUT2D eigenvalue weighted by molar-refractivity contribution is 1.18. The summed E-state index contributed by atoms with van der Waals surface area (Å²) in [6.07, 6.45) is 0. The van der Waals surface area contributed by atoms with Crippen molar-refractivity contribution >= 4 is 53.2 Å². The molecule has 0 fully saturated rings. The summed E-state index contributed by atoms with van der Waals surface area (Å²) in [6.45, 7) is 0. The minimum atomic E-state index is 0.707. The average molecular weight is 592 g/mol. The SMILES string of the molecule is c1ccc(-c2cc(-c3cccc(-c4nc5ccccc5c5c4ccc4c6ccccc6sc45)c3)nc(-c3ccccc3)n2)cc1. The van der Waals surface area contributed by atoms with E-state index in [0.29, 0.717) is 5.82 Å². The number of fused-ring (bicyclic) bond motifs is 7. The number of aromatic nitrogens is 3. The highest BCUT2D eigenvalue weighted by molar-refractivity contribution is 7.26. The van der Waals surface area contributed by atoms with Crippen LogP contribution in [0.15, 0.2) is 152 Å². The van der Waals surface area contributed by atoms with Crippen molar-refractivity contribution in [2.45, 2.75) is 0 Å². The van der Waals surface area contributed by atoms with Gasteiger partial charge in [0.1, 0.15) is 0 Å². The number of pyridine rings is 1. The van der Waals surface area contributed by atoms with Crippen molar-refractivity contribution in [3.8, 4) is 45.2 Å². The lowest BCUT2D eigenvalue weighted by atomic mass is 9.96. The number of thiophene rings is 1. The average Bonchev–Trinajstić information content (AvgIpc) is 3.51. The molecule has 3 aromatic heterocycles. The molecule has 0 radical (unpaired) electrons. The molecule has 0 saturated heterocycles. The summed E-state index contributed by atoms with van der Waals surface area (Å²) in [4.78, 5) is 15.3. The smallest absolute Gasteiger partial charge is 0.160 e. The van der Waals surface area contributed by atoms with Crippen LogP contribution in [0.1, 0.15) is 0 Å². The third kappa shape index (κ3) is 4.38. The molecule has 0 aliphatic rings. The molecule has 0 saturated carbocycles. The minimum absolute atomic E-state index is 0.707. The maximum atomic E-state index is 5.27. The van der Waals surface area contributed by atoms with Crippen molar-refractivity contribution in [2.75, 3.05) is 0 Å². The van der Waals surface area contributed by atoms with Crippen LogP contribution < -0.4 is 0 Å². The lowest BCUT2D eigenvalue weighted by Gasteiger charge is -2.13. The fourth-order valence-corrected chi connectivity index (χ4v) is 7.60. The van der Waals surface area contributed by atoms with Crippen molar-refractivity contribution in [1.29, 1.82) is 0 Å². The van der Waals surface area contributed by atoms with Gasteiger partial charge >= 0.3 is 0 Å². The highest BCUT2D eigenvalue weighted by Gasteiger charge is 2.17. The molecule has 6 aromatic carbocycles. The maximum Gasteiger partial charge on any atom is 0.160 e. The zero-order valence-electron chi connectivity index (χ0n) is 24.2. The minimum Gasteiger partial charge on any atom is -0.247 e. The van der Waals surface area contributed by atoms with E-state index in [1.807, 2.05) is 47.7 Å². The van der Waals surface area contributed by atoms with Gasteiger partial charge in [-0.2, -0.15) is 0 Å². The molecule has 210 valence electrons. The predicted octanol–water partition coefficient (Wildman–Crippen LogP) is 11.2. The lowest BCUT2D eigenvalue weighted by Crippen LogP contribution is -1.96. The van der Waals surface area contributed by atoms with E-state index >= 15 is 0 Å². The van der Waals surface area contributed by atoms with Crippen LogP contribution in [-0.2, 0) is 0 Å². The fraction of sp³-hybridized carbons (Fsp3) is 0. The molecule has 0 atom stereocenters. The van der Waals surface area contributed by atoms with Crippen LogP contribution in [0.3, 0.4) is 0 Å². The molecule has 0 N–H and O–H groups in total. The van der Waals surface area contributed by atoms with Gasteiger partial charge in [0, 0.05) is 58.6 Å². The van der Waals surface area contributed by atoms with Crippen LogP contribution in [0.5, 0.6) is 0 Å². The van der Waals surface area contributed by atoms with Crippen molar-refractivity contribution in [3.05, 3.63) is 152 Å². The molecule has 9 aromatic rings. The first-order valence-electron chi connectivity index (χ1n) is 15.0. The van der Waals surface area contributed by atoms with Gasteiger partial charge in [0.05, 0.1) is 22.6 Å². The number of rotatable bonds is 4. The van der Waals surface area contributed by atoms with E-state index in [0.717, 1.165) is 50.2 Å². The molecule has 0 aliphatic heterocycles. The molecular weight excluding hydrogens is 567 g/mol. The molecular formula is C41H25N3S. The largest absolute Gasteiger partial charge is 0.247 e.